The third kappa shape index (κ3) is 5.36. The first-order valence-corrected chi connectivity index (χ1v) is 9.87. The van der Waals surface area contributed by atoms with E-state index in [9.17, 15) is 13.6 Å². The Kier molecular flexibility index (Phi) is 6.90. The fourth-order valence-electron chi connectivity index (χ4n) is 2.57. The van der Waals surface area contributed by atoms with Crippen molar-refractivity contribution >= 4 is 17.2 Å². The Morgan fingerprint density at radius 2 is 1.86 bits per heavy atom. The molecule has 0 unspecified atom stereocenters. The van der Waals surface area contributed by atoms with Crippen molar-refractivity contribution in [2.75, 3.05) is 27.2 Å². The molecule has 0 spiro atoms. The summed E-state index contributed by atoms with van der Waals surface area (Å²) >= 11 is 1.30. The zero-order chi connectivity index (χ0) is 20.8. The number of benzene rings is 2. The minimum atomic E-state index is -0.659. The van der Waals surface area contributed by atoms with Gasteiger partial charge in [-0.3, -0.25) is 4.79 Å². The maximum atomic E-state index is 13.8. The van der Waals surface area contributed by atoms with Gasteiger partial charge in [0.2, 0.25) is 0 Å². The van der Waals surface area contributed by atoms with Crippen LogP contribution < -0.4 is 10.1 Å². The van der Waals surface area contributed by atoms with Crippen LogP contribution in [0.15, 0.2) is 47.8 Å². The highest BCUT2D eigenvalue weighted by Crippen LogP contribution is 2.33. The van der Waals surface area contributed by atoms with E-state index in [2.05, 4.69) is 10.3 Å². The lowest BCUT2D eigenvalue weighted by Crippen LogP contribution is -2.31. The summed E-state index contributed by atoms with van der Waals surface area (Å²) in [5.74, 6) is -1.13. The number of thiazole rings is 1. The van der Waals surface area contributed by atoms with Crippen LogP contribution in [-0.4, -0.2) is 43.0 Å². The van der Waals surface area contributed by atoms with Crippen LogP contribution >= 0.6 is 11.3 Å². The molecule has 0 aliphatic heterocycles. The first-order chi connectivity index (χ1) is 14.0. The molecule has 0 fully saturated rings. The van der Waals surface area contributed by atoms with Gasteiger partial charge >= 0.3 is 0 Å². The molecular formula is C21H21F2N3O2S. The van der Waals surface area contributed by atoms with Crippen LogP contribution in [0.3, 0.4) is 0 Å². The Labute approximate surface area is 172 Å². The van der Waals surface area contributed by atoms with E-state index in [1.807, 2.05) is 25.1 Å². The average Bonchev–Trinajstić information content (AvgIpc) is 3.18. The van der Waals surface area contributed by atoms with Gasteiger partial charge in [0.25, 0.3) is 5.91 Å². The molecular weight excluding hydrogens is 396 g/mol. The molecule has 0 atom stereocenters. The van der Waals surface area contributed by atoms with E-state index in [0.29, 0.717) is 28.6 Å². The number of hydrogen-bond donors (Lipinski definition) is 1. The Balaban J connectivity index is 1.74. The molecule has 0 radical (unpaired) electrons. The fraction of sp³-hybridized carbons (Fsp3) is 0.238. The van der Waals surface area contributed by atoms with E-state index in [1.165, 1.54) is 29.5 Å². The third-order valence-corrected chi connectivity index (χ3v) is 5.01. The second-order valence-corrected chi connectivity index (χ2v) is 7.44. The van der Waals surface area contributed by atoms with E-state index in [4.69, 9.17) is 4.74 Å². The van der Waals surface area contributed by atoms with E-state index >= 15 is 0 Å². The van der Waals surface area contributed by atoms with Gasteiger partial charge in [0, 0.05) is 18.5 Å². The highest BCUT2D eigenvalue weighted by atomic mass is 32.1. The van der Waals surface area contributed by atoms with Gasteiger partial charge in [0.05, 0.1) is 11.1 Å². The van der Waals surface area contributed by atoms with Crippen molar-refractivity contribution < 1.29 is 18.3 Å². The van der Waals surface area contributed by atoms with E-state index < -0.39 is 11.6 Å². The highest BCUT2D eigenvalue weighted by Gasteiger charge is 2.16. The van der Waals surface area contributed by atoms with Crippen LogP contribution in [0.25, 0.3) is 10.6 Å². The lowest BCUT2D eigenvalue weighted by molar-refractivity contribution is 0.0947. The number of likely N-dealkylation sites (N-methyl/N-ethyl adjacent to an activating group) is 1. The summed E-state index contributed by atoms with van der Waals surface area (Å²) < 4.78 is 33.4. The number of carbonyl (C=O) groups excluding carboxylic acids is 1. The standard InChI is InChI=1S/C21H21F2N3O2S/c1-26(2)11-10-24-20(27)18-13-29-21(25-18)14-6-3-4-9-19(14)28-12-15-16(22)7-5-8-17(15)23/h3-9,13H,10-12H2,1-2H3,(H,24,27). The number of amides is 1. The molecule has 0 aliphatic carbocycles. The monoisotopic (exact) mass is 417 g/mol. The average molecular weight is 417 g/mol. The van der Waals surface area contributed by atoms with Crippen LogP contribution in [0.5, 0.6) is 5.75 Å². The summed E-state index contributed by atoms with van der Waals surface area (Å²) in [6.07, 6.45) is 0. The van der Waals surface area contributed by atoms with Crippen molar-refractivity contribution in [1.29, 1.82) is 0 Å². The molecule has 1 heterocycles. The molecule has 0 saturated heterocycles. The van der Waals surface area contributed by atoms with Crippen LogP contribution in [0.2, 0.25) is 0 Å². The Hall–Kier alpha value is -2.84. The largest absolute Gasteiger partial charge is 0.488 e. The number of para-hydroxylation sites is 1. The van der Waals surface area contributed by atoms with Crippen LogP contribution in [0, 0.1) is 11.6 Å². The SMILES string of the molecule is CN(C)CCNC(=O)c1csc(-c2ccccc2OCc2c(F)cccc2F)n1. The zero-order valence-corrected chi connectivity index (χ0v) is 16.9. The Bertz CT molecular complexity index is 971. The number of rotatable bonds is 8. The van der Waals surface area contributed by atoms with Crippen LogP contribution in [0.1, 0.15) is 16.1 Å². The zero-order valence-electron chi connectivity index (χ0n) is 16.1. The molecule has 1 amide bonds. The van der Waals surface area contributed by atoms with Crippen molar-refractivity contribution in [1.82, 2.24) is 15.2 Å². The minimum absolute atomic E-state index is 0.137. The van der Waals surface area contributed by atoms with Gasteiger partial charge in [-0.1, -0.05) is 18.2 Å². The summed E-state index contributed by atoms with van der Waals surface area (Å²) in [4.78, 5) is 18.6. The van der Waals surface area contributed by atoms with E-state index in [-0.39, 0.29) is 18.1 Å². The third-order valence-electron chi connectivity index (χ3n) is 4.13. The number of carbonyl (C=O) groups is 1. The second-order valence-electron chi connectivity index (χ2n) is 6.58. The van der Waals surface area contributed by atoms with Crippen LogP contribution in [0.4, 0.5) is 8.78 Å². The maximum absolute atomic E-state index is 13.8. The highest BCUT2D eigenvalue weighted by molar-refractivity contribution is 7.13. The number of aromatic nitrogens is 1. The number of hydrogen-bond acceptors (Lipinski definition) is 5. The number of nitrogens with zero attached hydrogens (tertiary/aromatic N) is 2. The summed E-state index contributed by atoms with van der Waals surface area (Å²) in [6.45, 7) is 0.997. The summed E-state index contributed by atoms with van der Waals surface area (Å²) in [5, 5.41) is 5.08. The molecule has 0 aliphatic rings. The molecule has 0 bridgehead atoms. The topological polar surface area (TPSA) is 54.5 Å². The maximum Gasteiger partial charge on any atom is 0.270 e. The van der Waals surface area contributed by atoms with E-state index in [0.717, 1.165) is 6.54 Å². The number of halogens is 2. The van der Waals surface area contributed by atoms with Crippen LogP contribution in [-0.2, 0) is 6.61 Å². The summed E-state index contributed by atoms with van der Waals surface area (Å²) in [5.41, 5.74) is 0.836. The summed E-state index contributed by atoms with van der Waals surface area (Å²) in [7, 11) is 3.86. The molecule has 1 N–H and O–H groups in total. The predicted octanol–water partition coefficient (Wildman–Crippen LogP) is 3.96. The van der Waals surface area contributed by atoms with Crippen molar-refractivity contribution in [2.24, 2.45) is 0 Å². The van der Waals surface area contributed by atoms with E-state index in [1.54, 1.807) is 23.6 Å². The number of nitrogens with one attached hydrogen (secondary N) is 1. The van der Waals surface area contributed by atoms with Gasteiger partial charge in [-0.05, 0) is 38.4 Å². The van der Waals surface area contributed by atoms with Gasteiger partial charge in [0.15, 0.2) is 0 Å². The molecule has 5 nitrogen and oxygen atoms in total. The lowest BCUT2D eigenvalue weighted by Gasteiger charge is -2.11. The fourth-order valence-corrected chi connectivity index (χ4v) is 3.40. The molecule has 3 rings (SSSR count). The lowest BCUT2D eigenvalue weighted by atomic mass is 10.2. The van der Waals surface area contributed by atoms with Gasteiger partial charge in [-0.25, -0.2) is 13.8 Å². The molecule has 2 aromatic carbocycles. The van der Waals surface area contributed by atoms with Gasteiger partial charge in [-0.15, -0.1) is 11.3 Å². The van der Waals surface area contributed by atoms with Crippen molar-refractivity contribution in [3.63, 3.8) is 0 Å². The smallest absolute Gasteiger partial charge is 0.270 e. The second kappa shape index (κ2) is 9.58. The Morgan fingerprint density at radius 3 is 2.59 bits per heavy atom. The first kappa shape index (κ1) is 20.9. The predicted molar refractivity (Wildman–Crippen MR) is 109 cm³/mol. The number of ether oxygens (including phenoxy) is 1. The normalized spacial score (nSPS) is 10.9. The molecule has 0 saturated carbocycles. The van der Waals surface area contributed by atoms with Gasteiger partial charge in [0.1, 0.15) is 34.7 Å². The summed E-state index contributed by atoms with van der Waals surface area (Å²) in [6, 6.07) is 10.8. The molecule has 3 aromatic rings. The van der Waals surface area contributed by atoms with Crippen molar-refractivity contribution in [3.8, 4) is 16.3 Å². The molecule has 1 aromatic heterocycles. The molecule has 29 heavy (non-hydrogen) atoms. The quantitative estimate of drug-likeness (QED) is 0.603. The van der Waals surface area contributed by atoms with Gasteiger partial charge < -0.3 is 15.0 Å². The van der Waals surface area contributed by atoms with Crippen molar-refractivity contribution in [3.05, 3.63) is 70.7 Å². The Morgan fingerprint density at radius 1 is 1.14 bits per heavy atom. The minimum Gasteiger partial charge on any atom is -0.488 e. The first-order valence-electron chi connectivity index (χ1n) is 8.99. The molecule has 152 valence electrons. The van der Waals surface area contributed by atoms with Gasteiger partial charge in [-0.2, -0.15) is 0 Å². The molecule has 8 heteroatoms. The van der Waals surface area contributed by atoms with Crippen molar-refractivity contribution in [2.45, 2.75) is 6.61 Å².